The first-order chi connectivity index (χ1) is 10.2. The summed E-state index contributed by atoms with van der Waals surface area (Å²) in [6, 6.07) is 8.32. The maximum atomic E-state index is 12.2. The Kier molecular flexibility index (Phi) is 6.54. The van der Waals surface area contributed by atoms with Crippen LogP contribution >= 0.6 is 11.8 Å². The number of aliphatic hydroxyl groups is 1. The van der Waals surface area contributed by atoms with Crippen LogP contribution in [0.4, 0.5) is 5.69 Å². The van der Waals surface area contributed by atoms with Crippen molar-refractivity contribution in [3.63, 3.8) is 0 Å². The van der Waals surface area contributed by atoms with Gasteiger partial charge < -0.3 is 10.4 Å². The molecular formula is C16H24N2O2S. The molecule has 2 rings (SSSR count). The van der Waals surface area contributed by atoms with Gasteiger partial charge >= 0.3 is 0 Å². The molecule has 1 heterocycles. The minimum Gasteiger partial charge on any atom is -0.396 e. The van der Waals surface area contributed by atoms with Crippen LogP contribution in [0.15, 0.2) is 29.2 Å². The van der Waals surface area contributed by atoms with E-state index in [4.69, 9.17) is 5.11 Å². The Morgan fingerprint density at radius 2 is 2.29 bits per heavy atom. The van der Waals surface area contributed by atoms with Gasteiger partial charge in [0.2, 0.25) is 5.91 Å². The number of carbonyl (C=O) groups excluding carboxylic acids is 1. The van der Waals surface area contributed by atoms with E-state index in [2.05, 4.69) is 10.2 Å². The van der Waals surface area contributed by atoms with Gasteiger partial charge in [-0.15, -0.1) is 11.8 Å². The number of nitrogens with one attached hydrogen (secondary N) is 1. The number of rotatable bonds is 7. The van der Waals surface area contributed by atoms with Crippen molar-refractivity contribution in [1.29, 1.82) is 0 Å². The Morgan fingerprint density at radius 1 is 1.48 bits per heavy atom. The fourth-order valence-electron chi connectivity index (χ4n) is 2.88. The second-order valence-electron chi connectivity index (χ2n) is 5.38. The number of benzene rings is 1. The average molecular weight is 308 g/mol. The average Bonchev–Trinajstić information content (AvgIpc) is 2.92. The van der Waals surface area contributed by atoms with Gasteiger partial charge in [-0.25, -0.2) is 0 Å². The van der Waals surface area contributed by atoms with Gasteiger partial charge in [0, 0.05) is 17.5 Å². The first kappa shape index (κ1) is 16.3. The number of hydrogen-bond donors (Lipinski definition) is 2. The number of likely N-dealkylation sites (tertiary alicyclic amines) is 1. The largest absolute Gasteiger partial charge is 0.396 e. The summed E-state index contributed by atoms with van der Waals surface area (Å²) in [4.78, 5) is 15.6. The molecule has 1 saturated heterocycles. The van der Waals surface area contributed by atoms with Crippen LogP contribution in [-0.4, -0.2) is 47.9 Å². The van der Waals surface area contributed by atoms with Crippen LogP contribution in [0.3, 0.4) is 0 Å². The van der Waals surface area contributed by atoms with E-state index in [1.165, 1.54) is 0 Å². The molecule has 1 atom stereocenters. The number of anilines is 1. The monoisotopic (exact) mass is 308 g/mol. The standard InChI is InChI=1S/C16H24N2O2S/c1-21-15-9-3-2-8-14(15)17-16(20)12-18-10-4-6-13(18)7-5-11-19/h2-3,8-9,13,19H,4-7,10-12H2,1H3,(H,17,20). The van der Waals surface area contributed by atoms with Crippen molar-refractivity contribution in [3.8, 4) is 0 Å². The fourth-order valence-corrected chi connectivity index (χ4v) is 3.43. The minimum atomic E-state index is 0.0485. The van der Waals surface area contributed by atoms with Crippen molar-refractivity contribution < 1.29 is 9.90 Å². The predicted molar refractivity (Wildman–Crippen MR) is 87.8 cm³/mol. The van der Waals surface area contributed by atoms with E-state index in [9.17, 15) is 4.79 Å². The molecule has 0 saturated carbocycles. The third-order valence-corrected chi connectivity index (χ3v) is 4.72. The number of aliphatic hydroxyl groups excluding tert-OH is 1. The highest BCUT2D eigenvalue weighted by atomic mass is 32.2. The highest BCUT2D eigenvalue weighted by molar-refractivity contribution is 7.98. The summed E-state index contributed by atoms with van der Waals surface area (Å²) in [7, 11) is 0. The zero-order valence-corrected chi connectivity index (χ0v) is 13.4. The van der Waals surface area contributed by atoms with E-state index in [-0.39, 0.29) is 12.5 Å². The summed E-state index contributed by atoms with van der Waals surface area (Å²) in [6.07, 6.45) is 6.08. The number of nitrogens with zero attached hydrogens (tertiary/aromatic N) is 1. The van der Waals surface area contributed by atoms with E-state index in [0.29, 0.717) is 12.6 Å². The summed E-state index contributed by atoms with van der Waals surface area (Å²) in [5, 5.41) is 12.0. The molecule has 0 radical (unpaired) electrons. The molecule has 4 nitrogen and oxygen atoms in total. The van der Waals surface area contributed by atoms with Crippen molar-refractivity contribution in [2.75, 3.05) is 31.3 Å². The Labute approximate surface area is 130 Å². The summed E-state index contributed by atoms with van der Waals surface area (Å²) < 4.78 is 0. The van der Waals surface area contributed by atoms with Crippen LogP contribution in [0.1, 0.15) is 25.7 Å². The quantitative estimate of drug-likeness (QED) is 0.760. The topological polar surface area (TPSA) is 52.6 Å². The Bertz CT molecular complexity index is 467. The van der Waals surface area contributed by atoms with Crippen LogP contribution in [0.25, 0.3) is 0 Å². The minimum absolute atomic E-state index is 0.0485. The SMILES string of the molecule is CSc1ccccc1NC(=O)CN1CCCC1CCCO. The Balaban J connectivity index is 1.89. The fraction of sp³-hybridized carbons (Fsp3) is 0.562. The van der Waals surface area contributed by atoms with E-state index in [1.54, 1.807) is 11.8 Å². The molecule has 2 N–H and O–H groups in total. The van der Waals surface area contributed by atoms with Crippen LogP contribution in [-0.2, 0) is 4.79 Å². The molecule has 116 valence electrons. The zero-order chi connectivity index (χ0) is 15.1. The molecule has 21 heavy (non-hydrogen) atoms. The summed E-state index contributed by atoms with van der Waals surface area (Å²) in [6.45, 7) is 1.66. The van der Waals surface area contributed by atoms with Crippen molar-refractivity contribution in [3.05, 3.63) is 24.3 Å². The number of thioether (sulfide) groups is 1. The van der Waals surface area contributed by atoms with Crippen molar-refractivity contribution in [2.24, 2.45) is 0 Å². The molecule has 1 amide bonds. The molecule has 0 spiro atoms. The molecule has 1 aliphatic heterocycles. The highest BCUT2D eigenvalue weighted by Crippen LogP contribution is 2.25. The molecular weight excluding hydrogens is 284 g/mol. The lowest BCUT2D eigenvalue weighted by molar-refractivity contribution is -0.117. The highest BCUT2D eigenvalue weighted by Gasteiger charge is 2.25. The number of para-hydroxylation sites is 1. The Hall–Kier alpha value is -1.04. The Morgan fingerprint density at radius 3 is 3.05 bits per heavy atom. The number of amides is 1. The molecule has 1 aromatic carbocycles. The molecule has 0 aliphatic carbocycles. The second-order valence-corrected chi connectivity index (χ2v) is 6.23. The normalized spacial score (nSPS) is 18.9. The maximum absolute atomic E-state index is 12.2. The lowest BCUT2D eigenvalue weighted by atomic mass is 10.1. The third kappa shape index (κ3) is 4.73. The van der Waals surface area contributed by atoms with Crippen molar-refractivity contribution in [1.82, 2.24) is 4.90 Å². The van der Waals surface area contributed by atoms with E-state index in [1.807, 2.05) is 30.5 Å². The lowest BCUT2D eigenvalue weighted by Crippen LogP contribution is -2.37. The third-order valence-electron chi connectivity index (χ3n) is 3.92. The van der Waals surface area contributed by atoms with Gasteiger partial charge in [-0.3, -0.25) is 9.69 Å². The second kappa shape index (κ2) is 8.41. The van der Waals surface area contributed by atoms with E-state index in [0.717, 1.165) is 42.8 Å². The maximum Gasteiger partial charge on any atom is 0.238 e. The lowest BCUT2D eigenvalue weighted by Gasteiger charge is -2.23. The summed E-state index contributed by atoms with van der Waals surface area (Å²) in [5.41, 5.74) is 0.890. The van der Waals surface area contributed by atoms with E-state index < -0.39 is 0 Å². The number of carbonyl (C=O) groups is 1. The smallest absolute Gasteiger partial charge is 0.238 e. The molecule has 5 heteroatoms. The molecule has 1 fully saturated rings. The molecule has 1 aliphatic rings. The molecule has 1 unspecified atom stereocenters. The van der Waals surface area contributed by atoms with Crippen LogP contribution < -0.4 is 5.32 Å². The molecule has 0 bridgehead atoms. The van der Waals surface area contributed by atoms with E-state index >= 15 is 0 Å². The number of hydrogen-bond acceptors (Lipinski definition) is 4. The first-order valence-electron chi connectivity index (χ1n) is 7.52. The van der Waals surface area contributed by atoms with Gasteiger partial charge in [0.1, 0.15) is 0 Å². The van der Waals surface area contributed by atoms with Gasteiger partial charge in [-0.05, 0) is 50.6 Å². The van der Waals surface area contributed by atoms with Gasteiger partial charge in [0.05, 0.1) is 12.2 Å². The summed E-state index contributed by atoms with van der Waals surface area (Å²) in [5.74, 6) is 0.0485. The van der Waals surface area contributed by atoms with Crippen molar-refractivity contribution in [2.45, 2.75) is 36.6 Å². The van der Waals surface area contributed by atoms with Gasteiger partial charge in [-0.1, -0.05) is 12.1 Å². The van der Waals surface area contributed by atoms with Gasteiger partial charge in [0.25, 0.3) is 0 Å². The molecule has 1 aromatic rings. The van der Waals surface area contributed by atoms with Crippen LogP contribution in [0, 0.1) is 0 Å². The first-order valence-corrected chi connectivity index (χ1v) is 8.75. The molecule has 0 aromatic heterocycles. The van der Waals surface area contributed by atoms with Gasteiger partial charge in [0.15, 0.2) is 0 Å². The van der Waals surface area contributed by atoms with Crippen molar-refractivity contribution >= 4 is 23.4 Å². The summed E-state index contributed by atoms with van der Waals surface area (Å²) >= 11 is 1.64. The zero-order valence-electron chi connectivity index (χ0n) is 12.5. The van der Waals surface area contributed by atoms with Gasteiger partial charge in [-0.2, -0.15) is 0 Å². The predicted octanol–water partition coefficient (Wildman–Crippen LogP) is 2.58. The van der Waals surface area contributed by atoms with Crippen LogP contribution in [0.5, 0.6) is 0 Å². The van der Waals surface area contributed by atoms with Crippen LogP contribution in [0.2, 0.25) is 0 Å².